The molecule has 0 bridgehead atoms. The monoisotopic (exact) mass is 474 g/mol. The normalized spacial score (nSPS) is 10.9. The van der Waals surface area contributed by atoms with E-state index >= 15 is 0 Å². The number of amides is 1. The molecule has 0 spiro atoms. The predicted octanol–water partition coefficient (Wildman–Crippen LogP) is 3.74. The lowest BCUT2D eigenvalue weighted by Gasteiger charge is -2.24. The second-order valence-corrected chi connectivity index (χ2v) is 8.92. The van der Waals surface area contributed by atoms with E-state index in [9.17, 15) is 13.2 Å². The summed E-state index contributed by atoms with van der Waals surface area (Å²) in [6.07, 6.45) is 0. The van der Waals surface area contributed by atoms with Crippen molar-refractivity contribution in [1.82, 2.24) is 5.32 Å². The van der Waals surface area contributed by atoms with E-state index in [0.29, 0.717) is 11.5 Å². The molecule has 1 N–H and O–H groups in total. The van der Waals surface area contributed by atoms with Gasteiger partial charge in [-0.05, 0) is 42.5 Å². The van der Waals surface area contributed by atoms with Crippen LogP contribution in [0.2, 0.25) is 5.02 Å². The van der Waals surface area contributed by atoms with Gasteiger partial charge in [-0.3, -0.25) is 9.10 Å². The Kier molecular flexibility index (Phi) is 7.97. The van der Waals surface area contributed by atoms with Gasteiger partial charge >= 0.3 is 0 Å². The molecule has 0 radical (unpaired) electrons. The maximum absolute atomic E-state index is 13.3. The topological polar surface area (TPSA) is 84.9 Å². The summed E-state index contributed by atoms with van der Waals surface area (Å²) in [7, 11) is -2.55. The summed E-state index contributed by atoms with van der Waals surface area (Å²) in [5.41, 5.74) is 0.246. The molecule has 3 aromatic rings. The zero-order valence-electron chi connectivity index (χ0n) is 17.4. The first-order valence-corrected chi connectivity index (χ1v) is 11.6. The molecule has 3 rings (SSSR count). The van der Waals surface area contributed by atoms with Crippen molar-refractivity contribution in [3.05, 3.63) is 83.9 Å². The number of nitrogens with one attached hydrogen (secondary N) is 1. The minimum absolute atomic E-state index is 0.0622. The fourth-order valence-corrected chi connectivity index (χ4v) is 4.59. The number of carbonyl (C=O) groups is 1. The first-order valence-electron chi connectivity index (χ1n) is 9.77. The molecule has 0 aromatic heterocycles. The van der Waals surface area contributed by atoms with E-state index in [0.717, 1.165) is 4.31 Å². The van der Waals surface area contributed by atoms with Crippen LogP contribution >= 0.6 is 11.6 Å². The van der Waals surface area contributed by atoms with Gasteiger partial charge in [-0.15, -0.1) is 0 Å². The average molecular weight is 475 g/mol. The largest absolute Gasteiger partial charge is 0.495 e. The average Bonchev–Trinajstić information content (AvgIpc) is 2.81. The molecule has 0 aliphatic heterocycles. The number of sulfonamides is 1. The summed E-state index contributed by atoms with van der Waals surface area (Å²) in [5, 5.41) is 2.92. The lowest BCUT2D eigenvalue weighted by molar-refractivity contribution is -0.119. The summed E-state index contributed by atoms with van der Waals surface area (Å²) in [5.74, 6) is 0.603. The Morgan fingerprint density at radius 3 is 2.28 bits per heavy atom. The fourth-order valence-electron chi connectivity index (χ4n) is 2.91. The van der Waals surface area contributed by atoms with Crippen LogP contribution in [0.3, 0.4) is 0 Å². The summed E-state index contributed by atoms with van der Waals surface area (Å²) >= 11 is 6.20. The van der Waals surface area contributed by atoms with E-state index in [1.165, 1.54) is 31.4 Å². The number of carbonyl (C=O) groups excluding carboxylic acids is 1. The number of anilines is 1. The highest BCUT2D eigenvalue weighted by Gasteiger charge is 2.27. The van der Waals surface area contributed by atoms with Crippen molar-refractivity contribution in [2.75, 3.05) is 31.1 Å². The number of benzene rings is 3. The van der Waals surface area contributed by atoms with E-state index in [1.54, 1.807) is 24.3 Å². The smallest absolute Gasteiger partial charge is 0.264 e. The third kappa shape index (κ3) is 5.93. The molecule has 168 valence electrons. The van der Waals surface area contributed by atoms with E-state index in [1.807, 2.05) is 30.3 Å². The van der Waals surface area contributed by atoms with Gasteiger partial charge in [0.15, 0.2) is 0 Å². The van der Waals surface area contributed by atoms with E-state index < -0.39 is 22.5 Å². The molecule has 0 aliphatic carbocycles. The minimum atomic E-state index is -4.02. The lowest BCUT2D eigenvalue weighted by Crippen LogP contribution is -2.41. The molecule has 1 amide bonds. The Balaban J connectivity index is 1.75. The van der Waals surface area contributed by atoms with Crippen LogP contribution in [0.15, 0.2) is 83.8 Å². The van der Waals surface area contributed by atoms with Crippen molar-refractivity contribution in [1.29, 1.82) is 0 Å². The lowest BCUT2D eigenvalue weighted by atomic mass is 10.3. The zero-order chi connectivity index (χ0) is 23.0. The third-order valence-electron chi connectivity index (χ3n) is 4.48. The Bertz CT molecular complexity index is 1140. The summed E-state index contributed by atoms with van der Waals surface area (Å²) in [6, 6.07) is 21.6. The van der Waals surface area contributed by atoms with Crippen LogP contribution in [0.4, 0.5) is 5.69 Å². The molecule has 7 nitrogen and oxygen atoms in total. The van der Waals surface area contributed by atoms with Crippen molar-refractivity contribution in [2.45, 2.75) is 4.90 Å². The van der Waals surface area contributed by atoms with Crippen LogP contribution in [-0.2, 0) is 14.8 Å². The van der Waals surface area contributed by atoms with Crippen LogP contribution in [0.25, 0.3) is 0 Å². The van der Waals surface area contributed by atoms with Crippen molar-refractivity contribution >= 4 is 33.2 Å². The van der Waals surface area contributed by atoms with Crippen molar-refractivity contribution in [3.8, 4) is 11.5 Å². The first-order chi connectivity index (χ1) is 15.4. The van der Waals surface area contributed by atoms with Gasteiger partial charge in [0.1, 0.15) is 24.7 Å². The molecule has 0 fully saturated rings. The van der Waals surface area contributed by atoms with E-state index in [2.05, 4.69) is 5.32 Å². The minimum Gasteiger partial charge on any atom is -0.495 e. The van der Waals surface area contributed by atoms with Crippen LogP contribution < -0.4 is 19.1 Å². The third-order valence-corrected chi connectivity index (χ3v) is 6.56. The number of rotatable bonds is 10. The van der Waals surface area contributed by atoms with Gasteiger partial charge in [0.05, 0.1) is 29.3 Å². The Hall–Kier alpha value is -3.23. The molecular formula is C23H23ClN2O5S. The summed E-state index contributed by atoms with van der Waals surface area (Å²) in [6.45, 7) is 0.0388. The van der Waals surface area contributed by atoms with Crippen LogP contribution in [0.1, 0.15) is 0 Å². The SMILES string of the molecule is COc1ccc(N(CC(=O)NCCOc2ccccc2)S(=O)(=O)c2ccccc2)cc1Cl. The molecule has 0 saturated heterocycles. The molecule has 0 atom stereocenters. The number of para-hydroxylation sites is 1. The van der Waals surface area contributed by atoms with Gasteiger partial charge in [-0.25, -0.2) is 8.42 Å². The number of ether oxygens (including phenoxy) is 2. The Labute approximate surface area is 192 Å². The maximum Gasteiger partial charge on any atom is 0.264 e. The number of methoxy groups -OCH3 is 1. The van der Waals surface area contributed by atoms with Crippen molar-refractivity contribution in [3.63, 3.8) is 0 Å². The molecule has 3 aromatic carbocycles. The van der Waals surface area contributed by atoms with Gasteiger partial charge in [-0.2, -0.15) is 0 Å². The molecular weight excluding hydrogens is 452 g/mol. The van der Waals surface area contributed by atoms with Crippen LogP contribution in [0.5, 0.6) is 11.5 Å². The van der Waals surface area contributed by atoms with Crippen molar-refractivity contribution < 1.29 is 22.7 Å². The molecule has 0 aliphatic rings. The van der Waals surface area contributed by atoms with Gasteiger partial charge in [0.25, 0.3) is 10.0 Å². The fraction of sp³-hybridized carbons (Fsp3) is 0.174. The molecule has 0 unspecified atom stereocenters. The first kappa shape index (κ1) is 23.4. The molecule has 9 heteroatoms. The highest BCUT2D eigenvalue weighted by atomic mass is 35.5. The number of hydrogen-bond donors (Lipinski definition) is 1. The standard InChI is InChI=1S/C23H23ClN2O5S/c1-30-22-13-12-18(16-21(22)24)26(32(28,29)20-10-6-3-7-11-20)17-23(27)25-14-15-31-19-8-4-2-5-9-19/h2-13,16H,14-15,17H2,1H3,(H,25,27). The number of halogens is 1. The Morgan fingerprint density at radius 2 is 1.66 bits per heavy atom. The quantitative estimate of drug-likeness (QED) is 0.452. The number of nitrogens with zero attached hydrogens (tertiary/aromatic N) is 1. The van der Waals surface area contributed by atoms with Gasteiger partial charge < -0.3 is 14.8 Å². The second kappa shape index (κ2) is 10.9. The second-order valence-electron chi connectivity index (χ2n) is 6.66. The maximum atomic E-state index is 13.3. The number of hydrogen-bond acceptors (Lipinski definition) is 5. The van der Waals surface area contributed by atoms with Gasteiger partial charge in [0.2, 0.25) is 5.91 Å². The molecule has 0 saturated carbocycles. The van der Waals surface area contributed by atoms with Crippen LogP contribution in [-0.4, -0.2) is 41.1 Å². The summed E-state index contributed by atoms with van der Waals surface area (Å²) < 4.78 is 38.3. The summed E-state index contributed by atoms with van der Waals surface area (Å²) in [4.78, 5) is 12.7. The molecule has 0 heterocycles. The van der Waals surface area contributed by atoms with Gasteiger partial charge in [0, 0.05) is 0 Å². The Morgan fingerprint density at radius 1 is 1.00 bits per heavy atom. The predicted molar refractivity (Wildman–Crippen MR) is 124 cm³/mol. The van der Waals surface area contributed by atoms with Gasteiger partial charge in [-0.1, -0.05) is 48.0 Å². The zero-order valence-corrected chi connectivity index (χ0v) is 19.0. The highest BCUT2D eigenvalue weighted by Crippen LogP contribution is 2.31. The van der Waals surface area contributed by atoms with Crippen LogP contribution in [0, 0.1) is 0 Å². The molecule has 32 heavy (non-hydrogen) atoms. The highest BCUT2D eigenvalue weighted by molar-refractivity contribution is 7.92. The van der Waals surface area contributed by atoms with Crippen molar-refractivity contribution in [2.24, 2.45) is 0 Å². The van der Waals surface area contributed by atoms with E-state index in [4.69, 9.17) is 21.1 Å². The van der Waals surface area contributed by atoms with E-state index in [-0.39, 0.29) is 28.8 Å².